The maximum Gasteiger partial charge on any atom is 0.416 e. The topological polar surface area (TPSA) is 53.1 Å². The van der Waals surface area contributed by atoms with E-state index in [-0.39, 0.29) is 41.8 Å². The van der Waals surface area contributed by atoms with Gasteiger partial charge in [-0.25, -0.2) is 0 Å². The molecule has 6 rings (SSSR count). The van der Waals surface area contributed by atoms with Crippen molar-refractivity contribution in [1.29, 1.82) is 0 Å². The van der Waals surface area contributed by atoms with Gasteiger partial charge in [-0.1, -0.05) is 26.0 Å². The molecule has 0 bridgehead atoms. The maximum atomic E-state index is 13.1. The van der Waals surface area contributed by atoms with Crippen LogP contribution in [0, 0.1) is 17.8 Å². The average Bonchev–Trinajstić information content (AvgIpc) is 3.62. The van der Waals surface area contributed by atoms with Crippen molar-refractivity contribution in [3.8, 4) is 0 Å². The third kappa shape index (κ3) is 4.53. The molecule has 38 heavy (non-hydrogen) atoms. The first kappa shape index (κ1) is 26.1. The minimum absolute atomic E-state index is 0.110. The highest BCUT2D eigenvalue weighted by molar-refractivity contribution is 5.82. The summed E-state index contributed by atoms with van der Waals surface area (Å²) in [5.41, 5.74) is -0.306. The maximum absolute atomic E-state index is 13.1. The third-order valence-corrected chi connectivity index (χ3v) is 9.70. The molecule has 2 saturated carbocycles. The molecule has 0 radical (unpaired) electrons. The molecule has 5 fully saturated rings. The van der Waals surface area contributed by atoms with Crippen LogP contribution in [0.5, 0.6) is 0 Å². The Balaban J connectivity index is 1.21. The molecule has 0 unspecified atom stereocenters. The highest BCUT2D eigenvalue weighted by Crippen LogP contribution is 2.51. The number of alkyl halides is 3. The zero-order chi connectivity index (χ0) is 26.8. The Bertz CT molecular complexity index is 1070. The van der Waals surface area contributed by atoms with Gasteiger partial charge in [-0.2, -0.15) is 13.2 Å². The molecular formula is C29H38F3N3O3. The normalized spacial score (nSPS) is 32.0. The highest BCUT2D eigenvalue weighted by atomic mass is 19.4. The Morgan fingerprint density at radius 3 is 2.45 bits per heavy atom. The second-order valence-corrected chi connectivity index (χ2v) is 12.4. The fraction of sp³-hybridized carbons (Fsp3) is 0.724. The summed E-state index contributed by atoms with van der Waals surface area (Å²) >= 11 is 0. The summed E-state index contributed by atoms with van der Waals surface area (Å²) in [6.45, 7) is 6.79. The molecule has 3 heterocycles. The predicted molar refractivity (Wildman–Crippen MR) is 135 cm³/mol. The third-order valence-electron chi connectivity index (χ3n) is 9.70. The number of amides is 2. The van der Waals surface area contributed by atoms with Gasteiger partial charge in [0.25, 0.3) is 0 Å². The number of benzene rings is 1. The van der Waals surface area contributed by atoms with Crippen LogP contribution < -0.4 is 0 Å². The number of piperidine rings is 1. The molecule has 208 valence electrons. The van der Waals surface area contributed by atoms with Crippen molar-refractivity contribution in [2.45, 2.75) is 95.4 Å². The molecule has 1 aromatic carbocycles. The first-order valence-corrected chi connectivity index (χ1v) is 14.2. The molecule has 0 N–H and O–H groups in total. The number of hydrogen-bond acceptors (Lipinski definition) is 4. The zero-order valence-corrected chi connectivity index (χ0v) is 22.3. The molecule has 1 spiro atoms. The Kier molecular flexibility index (Phi) is 6.53. The summed E-state index contributed by atoms with van der Waals surface area (Å²) in [6, 6.07) is 6.02. The summed E-state index contributed by atoms with van der Waals surface area (Å²) in [5.74, 6) is 1.20. The van der Waals surface area contributed by atoms with Crippen LogP contribution in [0.15, 0.2) is 24.3 Å². The Hall–Kier alpha value is -2.13. The lowest BCUT2D eigenvalue weighted by Gasteiger charge is -2.56. The number of likely N-dealkylation sites (tertiary alicyclic amines) is 1. The summed E-state index contributed by atoms with van der Waals surface area (Å²) in [5, 5.41) is 0. The van der Waals surface area contributed by atoms with Gasteiger partial charge < -0.3 is 14.5 Å². The SMILES string of the molecule is CC(C)[C@H]1CO[C@]23CC[C@H](N(Cc4ccc(C(F)(F)F)cc4)C4CN(C(=O)C5CC5)C4)C[C@H]2CCC(=O)N13. The Morgan fingerprint density at radius 1 is 1.11 bits per heavy atom. The molecule has 6 nitrogen and oxygen atoms in total. The molecule has 1 aromatic rings. The lowest BCUT2D eigenvalue weighted by Crippen LogP contribution is -2.66. The van der Waals surface area contributed by atoms with E-state index in [2.05, 4.69) is 23.6 Å². The fourth-order valence-electron chi connectivity index (χ4n) is 7.32. The monoisotopic (exact) mass is 533 g/mol. The van der Waals surface area contributed by atoms with Gasteiger partial charge in [0.15, 0.2) is 0 Å². The number of halogens is 3. The second-order valence-electron chi connectivity index (χ2n) is 12.4. The lowest BCUT2D eigenvalue weighted by molar-refractivity contribution is -0.194. The van der Waals surface area contributed by atoms with Gasteiger partial charge in [-0.15, -0.1) is 0 Å². The van der Waals surface area contributed by atoms with Crippen molar-refractivity contribution in [2.75, 3.05) is 19.7 Å². The van der Waals surface area contributed by atoms with Crippen molar-refractivity contribution < 1.29 is 27.5 Å². The molecule has 9 heteroatoms. The van der Waals surface area contributed by atoms with E-state index in [1.807, 2.05) is 4.90 Å². The van der Waals surface area contributed by atoms with E-state index in [9.17, 15) is 22.8 Å². The average molecular weight is 534 g/mol. The van der Waals surface area contributed by atoms with Crippen LogP contribution >= 0.6 is 0 Å². The number of rotatable bonds is 6. The molecular weight excluding hydrogens is 495 g/mol. The van der Waals surface area contributed by atoms with E-state index in [4.69, 9.17) is 4.74 Å². The quantitative estimate of drug-likeness (QED) is 0.534. The van der Waals surface area contributed by atoms with Crippen LogP contribution in [0.2, 0.25) is 0 Å². The van der Waals surface area contributed by atoms with Crippen molar-refractivity contribution in [3.05, 3.63) is 35.4 Å². The van der Waals surface area contributed by atoms with Crippen LogP contribution in [0.25, 0.3) is 0 Å². The minimum Gasteiger partial charge on any atom is -0.353 e. The first-order chi connectivity index (χ1) is 18.1. The number of carbonyl (C=O) groups is 2. The molecule has 3 aliphatic heterocycles. The van der Waals surface area contributed by atoms with Gasteiger partial charge in [0.2, 0.25) is 11.8 Å². The fourth-order valence-corrected chi connectivity index (χ4v) is 7.32. The molecule has 3 saturated heterocycles. The summed E-state index contributed by atoms with van der Waals surface area (Å²) < 4.78 is 45.9. The van der Waals surface area contributed by atoms with Crippen molar-refractivity contribution in [2.24, 2.45) is 17.8 Å². The molecule has 2 aliphatic carbocycles. The number of carbonyl (C=O) groups excluding carboxylic acids is 2. The van der Waals surface area contributed by atoms with E-state index < -0.39 is 17.5 Å². The zero-order valence-electron chi connectivity index (χ0n) is 22.3. The smallest absolute Gasteiger partial charge is 0.353 e. The van der Waals surface area contributed by atoms with Gasteiger partial charge >= 0.3 is 6.18 Å². The van der Waals surface area contributed by atoms with Crippen molar-refractivity contribution in [3.63, 3.8) is 0 Å². The van der Waals surface area contributed by atoms with Crippen LogP contribution in [-0.2, 0) is 27.0 Å². The number of nitrogens with zero attached hydrogens (tertiary/aromatic N) is 3. The van der Waals surface area contributed by atoms with Crippen LogP contribution in [0.3, 0.4) is 0 Å². The largest absolute Gasteiger partial charge is 0.416 e. The van der Waals surface area contributed by atoms with Crippen LogP contribution in [0.1, 0.15) is 69.9 Å². The summed E-state index contributed by atoms with van der Waals surface area (Å²) in [7, 11) is 0. The van der Waals surface area contributed by atoms with Gasteiger partial charge in [0.1, 0.15) is 5.72 Å². The first-order valence-electron chi connectivity index (χ1n) is 14.2. The summed E-state index contributed by atoms with van der Waals surface area (Å²) in [4.78, 5) is 32.1. The van der Waals surface area contributed by atoms with Gasteiger partial charge in [-0.3, -0.25) is 14.5 Å². The van der Waals surface area contributed by atoms with E-state index in [0.717, 1.165) is 56.2 Å². The van der Waals surface area contributed by atoms with Gasteiger partial charge in [0.05, 0.1) is 18.2 Å². The Morgan fingerprint density at radius 2 is 1.82 bits per heavy atom. The van der Waals surface area contributed by atoms with E-state index in [1.165, 1.54) is 0 Å². The van der Waals surface area contributed by atoms with E-state index in [0.29, 0.717) is 38.6 Å². The van der Waals surface area contributed by atoms with E-state index in [1.54, 1.807) is 12.1 Å². The number of hydrogen-bond donors (Lipinski definition) is 0. The number of ether oxygens (including phenoxy) is 1. The molecule has 5 aliphatic rings. The molecule has 0 aromatic heterocycles. The highest BCUT2D eigenvalue weighted by Gasteiger charge is 2.60. The van der Waals surface area contributed by atoms with Gasteiger partial charge in [-0.05, 0) is 62.1 Å². The molecule has 2 amide bonds. The van der Waals surface area contributed by atoms with Crippen LogP contribution in [0.4, 0.5) is 13.2 Å². The van der Waals surface area contributed by atoms with Crippen LogP contribution in [-0.4, -0.2) is 70.1 Å². The van der Waals surface area contributed by atoms with Crippen molar-refractivity contribution >= 4 is 11.8 Å². The van der Waals surface area contributed by atoms with Gasteiger partial charge in [0, 0.05) is 50.0 Å². The Labute approximate surface area is 222 Å². The molecule has 4 atom stereocenters. The second kappa shape index (κ2) is 9.51. The van der Waals surface area contributed by atoms with E-state index >= 15 is 0 Å². The summed E-state index contributed by atoms with van der Waals surface area (Å²) in [6.07, 6.45) is 1.48. The lowest BCUT2D eigenvalue weighted by atomic mass is 9.72. The van der Waals surface area contributed by atoms with Crippen molar-refractivity contribution in [1.82, 2.24) is 14.7 Å². The standard InChI is InChI=1S/C29H38F3N3O3/c1-18(2)25-17-38-28-12-11-23(13-22(28)9-10-26(36)35(25)28)34(24-15-33(16-24)27(37)20-5-6-20)14-19-3-7-21(8-4-19)29(30,31)32/h3-4,7-8,18,20,22-25H,5-6,9-17H2,1-2H3/t22-,23+,25-,28-/m1/s1. The predicted octanol–water partition coefficient (Wildman–Crippen LogP) is 4.67. The minimum atomic E-state index is -4.35.